The Labute approximate surface area is 110 Å². The molecule has 0 N–H and O–H groups in total. The van der Waals surface area contributed by atoms with Gasteiger partial charge in [0.05, 0.1) is 7.11 Å². The quantitative estimate of drug-likeness (QED) is 0.853. The summed E-state index contributed by atoms with van der Waals surface area (Å²) in [7, 11) is 3.34. The van der Waals surface area contributed by atoms with Gasteiger partial charge in [0.2, 0.25) is 11.2 Å². The van der Waals surface area contributed by atoms with Gasteiger partial charge in [-0.15, -0.1) is 0 Å². The number of aromatic nitrogens is 3. The number of benzene rings is 1. The van der Waals surface area contributed by atoms with Crippen LogP contribution in [-0.2, 0) is 0 Å². The molecular weight excluding hydrogens is 252 g/mol. The van der Waals surface area contributed by atoms with Crippen LogP contribution in [0.2, 0.25) is 5.28 Å². The molecule has 0 fully saturated rings. The molecule has 1 heterocycles. The molecule has 0 aliphatic carbocycles. The fraction of sp³-hybridized carbons (Fsp3) is 0.250. The number of anilines is 2. The Morgan fingerprint density at radius 2 is 1.78 bits per heavy atom. The Kier molecular flexibility index (Phi) is 3.62. The van der Waals surface area contributed by atoms with Crippen LogP contribution in [0.3, 0.4) is 0 Å². The molecule has 0 aliphatic rings. The minimum atomic E-state index is 0.107. The second-order valence-corrected chi connectivity index (χ2v) is 4.12. The fourth-order valence-corrected chi connectivity index (χ4v) is 1.60. The van der Waals surface area contributed by atoms with Gasteiger partial charge >= 0.3 is 6.01 Å². The topological polar surface area (TPSA) is 51.1 Å². The molecule has 0 amide bonds. The number of methoxy groups -OCH3 is 1. The van der Waals surface area contributed by atoms with Gasteiger partial charge in [-0.25, -0.2) is 0 Å². The van der Waals surface area contributed by atoms with E-state index >= 15 is 0 Å². The zero-order chi connectivity index (χ0) is 13.1. The first-order valence-corrected chi connectivity index (χ1v) is 5.74. The van der Waals surface area contributed by atoms with Crippen molar-refractivity contribution in [3.05, 3.63) is 35.1 Å². The van der Waals surface area contributed by atoms with Crippen LogP contribution in [0.1, 0.15) is 5.56 Å². The molecule has 2 aromatic rings. The van der Waals surface area contributed by atoms with Crippen LogP contribution >= 0.6 is 11.6 Å². The molecule has 0 saturated carbocycles. The molecule has 18 heavy (non-hydrogen) atoms. The molecule has 2 rings (SSSR count). The van der Waals surface area contributed by atoms with Crippen LogP contribution in [0.25, 0.3) is 0 Å². The summed E-state index contributed by atoms with van der Waals surface area (Å²) < 4.78 is 4.97. The molecule has 94 valence electrons. The maximum absolute atomic E-state index is 5.82. The molecule has 0 spiro atoms. The Bertz CT molecular complexity index is 544. The first-order valence-electron chi connectivity index (χ1n) is 5.36. The molecule has 0 saturated heterocycles. The Hall–Kier alpha value is -1.88. The summed E-state index contributed by atoms with van der Waals surface area (Å²) in [5.41, 5.74) is 2.16. The highest BCUT2D eigenvalue weighted by Gasteiger charge is 2.11. The lowest BCUT2D eigenvalue weighted by Gasteiger charge is -2.17. The van der Waals surface area contributed by atoms with Crippen molar-refractivity contribution in [2.75, 3.05) is 19.1 Å². The average molecular weight is 265 g/mol. The second kappa shape index (κ2) is 5.18. The van der Waals surface area contributed by atoms with Crippen molar-refractivity contribution in [3.8, 4) is 6.01 Å². The van der Waals surface area contributed by atoms with Crippen LogP contribution in [0.5, 0.6) is 6.01 Å². The van der Waals surface area contributed by atoms with Crippen molar-refractivity contribution in [2.24, 2.45) is 0 Å². The van der Waals surface area contributed by atoms with E-state index in [-0.39, 0.29) is 11.3 Å². The van der Waals surface area contributed by atoms with E-state index in [0.717, 1.165) is 5.69 Å². The number of hydrogen-bond donors (Lipinski definition) is 0. The first kappa shape index (κ1) is 12.6. The lowest BCUT2D eigenvalue weighted by Crippen LogP contribution is -2.14. The van der Waals surface area contributed by atoms with Crippen molar-refractivity contribution >= 4 is 23.2 Å². The maximum Gasteiger partial charge on any atom is 0.322 e. The number of halogens is 1. The molecule has 0 radical (unpaired) electrons. The highest BCUT2D eigenvalue weighted by molar-refractivity contribution is 6.28. The third-order valence-electron chi connectivity index (χ3n) is 2.48. The van der Waals surface area contributed by atoms with Gasteiger partial charge in [0.25, 0.3) is 0 Å². The average Bonchev–Trinajstić information content (AvgIpc) is 2.38. The highest BCUT2D eigenvalue weighted by atomic mass is 35.5. The molecule has 1 aromatic carbocycles. The second-order valence-electron chi connectivity index (χ2n) is 3.79. The summed E-state index contributed by atoms with van der Waals surface area (Å²) in [5, 5.41) is 0.107. The smallest absolute Gasteiger partial charge is 0.322 e. The normalized spacial score (nSPS) is 10.2. The van der Waals surface area contributed by atoms with E-state index in [1.807, 2.05) is 43.1 Å². The molecule has 0 unspecified atom stereocenters. The number of ether oxygens (including phenoxy) is 1. The number of hydrogen-bond acceptors (Lipinski definition) is 5. The van der Waals surface area contributed by atoms with Crippen LogP contribution in [0.4, 0.5) is 11.6 Å². The maximum atomic E-state index is 5.82. The predicted octanol–water partition coefficient (Wildman–Crippen LogP) is 2.61. The summed E-state index contributed by atoms with van der Waals surface area (Å²) in [6.07, 6.45) is 0. The van der Waals surface area contributed by atoms with Crippen LogP contribution < -0.4 is 9.64 Å². The third kappa shape index (κ3) is 2.68. The molecule has 6 heteroatoms. The highest BCUT2D eigenvalue weighted by Crippen LogP contribution is 2.22. The van der Waals surface area contributed by atoms with Gasteiger partial charge in [-0.2, -0.15) is 15.0 Å². The molecule has 1 aromatic heterocycles. The molecule has 0 atom stereocenters. The van der Waals surface area contributed by atoms with E-state index in [1.165, 1.54) is 12.7 Å². The summed E-state index contributed by atoms with van der Waals surface area (Å²) in [6.45, 7) is 2.03. The predicted molar refractivity (Wildman–Crippen MR) is 70.6 cm³/mol. The van der Waals surface area contributed by atoms with Gasteiger partial charge in [0.1, 0.15) is 0 Å². The Morgan fingerprint density at radius 3 is 2.39 bits per heavy atom. The summed E-state index contributed by atoms with van der Waals surface area (Å²) in [6, 6.07) is 8.21. The van der Waals surface area contributed by atoms with E-state index in [4.69, 9.17) is 16.3 Å². The summed E-state index contributed by atoms with van der Waals surface area (Å²) in [5.74, 6) is 0.440. The monoisotopic (exact) mass is 264 g/mol. The number of rotatable bonds is 3. The molecule has 5 nitrogen and oxygen atoms in total. The zero-order valence-electron chi connectivity index (χ0n) is 10.4. The van der Waals surface area contributed by atoms with Gasteiger partial charge in [-0.1, -0.05) is 17.7 Å². The van der Waals surface area contributed by atoms with E-state index in [1.54, 1.807) is 0 Å². The minimum absolute atomic E-state index is 0.107. The number of aryl methyl sites for hydroxylation is 1. The largest absolute Gasteiger partial charge is 0.467 e. The Balaban J connectivity index is 2.35. The van der Waals surface area contributed by atoms with Crippen LogP contribution in [0.15, 0.2) is 24.3 Å². The lowest BCUT2D eigenvalue weighted by molar-refractivity contribution is 0.378. The van der Waals surface area contributed by atoms with Crippen molar-refractivity contribution < 1.29 is 4.74 Å². The zero-order valence-corrected chi connectivity index (χ0v) is 11.1. The summed E-state index contributed by atoms with van der Waals surface area (Å²) >= 11 is 5.82. The first-order chi connectivity index (χ1) is 8.60. The van der Waals surface area contributed by atoms with Crippen LogP contribution in [0, 0.1) is 6.92 Å². The van der Waals surface area contributed by atoms with E-state index in [0.29, 0.717) is 5.95 Å². The van der Waals surface area contributed by atoms with Gasteiger partial charge in [0, 0.05) is 12.7 Å². The van der Waals surface area contributed by atoms with Crippen molar-refractivity contribution in [2.45, 2.75) is 6.92 Å². The van der Waals surface area contributed by atoms with E-state index in [2.05, 4.69) is 15.0 Å². The standard InChI is InChI=1S/C12H13ClN4O/c1-8-4-6-9(7-5-8)17(2)11-14-10(13)15-12(16-11)18-3/h4-7H,1-3H3. The van der Waals surface area contributed by atoms with Crippen LogP contribution in [-0.4, -0.2) is 29.1 Å². The minimum Gasteiger partial charge on any atom is -0.467 e. The van der Waals surface area contributed by atoms with Crippen molar-refractivity contribution in [1.29, 1.82) is 0 Å². The molecule has 0 aliphatic heterocycles. The van der Waals surface area contributed by atoms with Crippen molar-refractivity contribution in [3.63, 3.8) is 0 Å². The molecule has 0 bridgehead atoms. The number of nitrogens with zero attached hydrogens (tertiary/aromatic N) is 4. The van der Waals surface area contributed by atoms with E-state index in [9.17, 15) is 0 Å². The van der Waals surface area contributed by atoms with Gasteiger partial charge < -0.3 is 9.64 Å². The lowest BCUT2D eigenvalue weighted by atomic mass is 10.2. The fourth-order valence-electron chi connectivity index (χ4n) is 1.45. The van der Waals surface area contributed by atoms with Crippen molar-refractivity contribution in [1.82, 2.24) is 15.0 Å². The third-order valence-corrected chi connectivity index (χ3v) is 2.65. The SMILES string of the molecule is COc1nc(Cl)nc(N(C)c2ccc(C)cc2)n1. The van der Waals surface area contributed by atoms with E-state index < -0.39 is 0 Å². The van der Waals surface area contributed by atoms with Gasteiger partial charge in [0.15, 0.2) is 0 Å². The van der Waals surface area contributed by atoms with Gasteiger partial charge in [-0.05, 0) is 30.7 Å². The summed E-state index contributed by atoms with van der Waals surface area (Å²) in [4.78, 5) is 13.9. The Morgan fingerprint density at radius 1 is 1.11 bits per heavy atom. The molecular formula is C12H13ClN4O. The van der Waals surface area contributed by atoms with Gasteiger partial charge in [-0.3, -0.25) is 0 Å².